The van der Waals surface area contributed by atoms with Gasteiger partial charge in [-0.25, -0.2) is 9.78 Å². The molecular formula is C17H17N3O2S. The van der Waals surface area contributed by atoms with E-state index >= 15 is 0 Å². The van der Waals surface area contributed by atoms with E-state index in [9.17, 15) is 4.79 Å². The number of urea groups is 1. The third-order valence-electron chi connectivity index (χ3n) is 3.37. The fourth-order valence-electron chi connectivity index (χ4n) is 2.39. The number of rotatable bonds is 3. The lowest BCUT2D eigenvalue weighted by molar-refractivity contribution is 0.262. The van der Waals surface area contributed by atoms with Gasteiger partial charge in [0, 0.05) is 11.8 Å². The average Bonchev–Trinajstić information content (AvgIpc) is 2.89. The van der Waals surface area contributed by atoms with Gasteiger partial charge in [0.25, 0.3) is 0 Å². The van der Waals surface area contributed by atoms with Crippen molar-refractivity contribution >= 4 is 38.4 Å². The summed E-state index contributed by atoms with van der Waals surface area (Å²) in [6.45, 7) is 4.09. The highest BCUT2D eigenvalue weighted by Gasteiger charge is 2.10. The maximum atomic E-state index is 12.1. The van der Waals surface area contributed by atoms with Gasteiger partial charge in [-0.3, -0.25) is 5.32 Å². The minimum atomic E-state index is -0.327. The van der Waals surface area contributed by atoms with Gasteiger partial charge in [0.15, 0.2) is 5.13 Å². The zero-order valence-corrected chi connectivity index (χ0v) is 14.0. The maximum Gasteiger partial charge on any atom is 0.325 e. The van der Waals surface area contributed by atoms with Crippen molar-refractivity contribution in [1.29, 1.82) is 0 Å². The number of thiazole rings is 1. The summed E-state index contributed by atoms with van der Waals surface area (Å²) in [5.74, 6) is 0.689. The molecule has 0 unspecified atom stereocenters. The van der Waals surface area contributed by atoms with Gasteiger partial charge in [-0.1, -0.05) is 23.5 Å². The van der Waals surface area contributed by atoms with Crippen molar-refractivity contribution in [2.45, 2.75) is 13.8 Å². The van der Waals surface area contributed by atoms with E-state index in [4.69, 9.17) is 4.74 Å². The van der Waals surface area contributed by atoms with Gasteiger partial charge in [0.2, 0.25) is 0 Å². The first-order valence-corrected chi connectivity index (χ1v) is 7.96. The molecule has 6 heteroatoms. The summed E-state index contributed by atoms with van der Waals surface area (Å²) in [4.78, 5) is 16.6. The summed E-state index contributed by atoms with van der Waals surface area (Å²) in [5, 5.41) is 6.13. The Hall–Kier alpha value is -2.60. The molecule has 0 saturated carbocycles. The molecule has 23 heavy (non-hydrogen) atoms. The molecule has 0 fully saturated rings. The van der Waals surface area contributed by atoms with E-state index in [1.165, 1.54) is 16.9 Å². The van der Waals surface area contributed by atoms with Crippen LogP contribution in [0.3, 0.4) is 0 Å². The number of fused-ring (bicyclic) bond motifs is 1. The Balaban J connectivity index is 1.76. The Labute approximate surface area is 138 Å². The number of aromatic nitrogens is 1. The Kier molecular flexibility index (Phi) is 4.16. The SMILES string of the molecule is COc1cccc(NC(=O)Nc2nc3cc(C)cc(C)c3s2)c1. The predicted octanol–water partition coefficient (Wildman–Crippen LogP) is 4.57. The molecule has 1 heterocycles. The van der Waals surface area contributed by atoms with Crippen LogP contribution >= 0.6 is 11.3 Å². The van der Waals surface area contributed by atoms with Crippen LogP contribution in [0.25, 0.3) is 10.2 Å². The van der Waals surface area contributed by atoms with E-state index in [1.54, 1.807) is 19.2 Å². The lowest BCUT2D eigenvalue weighted by atomic mass is 10.1. The van der Waals surface area contributed by atoms with E-state index in [1.807, 2.05) is 32.0 Å². The number of ether oxygens (including phenoxy) is 1. The highest BCUT2D eigenvalue weighted by Crippen LogP contribution is 2.29. The van der Waals surface area contributed by atoms with Crippen molar-refractivity contribution in [1.82, 2.24) is 4.98 Å². The highest BCUT2D eigenvalue weighted by molar-refractivity contribution is 7.22. The molecule has 3 aromatic rings. The van der Waals surface area contributed by atoms with Gasteiger partial charge >= 0.3 is 6.03 Å². The predicted molar refractivity (Wildman–Crippen MR) is 94.7 cm³/mol. The van der Waals surface area contributed by atoms with Crippen molar-refractivity contribution in [3.05, 3.63) is 47.5 Å². The third kappa shape index (κ3) is 3.43. The molecule has 0 atom stereocenters. The molecule has 0 aliphatic heterocycles. The first kappa shape index (κ1) is 15.3. The van der Waals surface area contributed by atoms with Crippen LogP contribution in [0.5, 0.6) is 5.75 Å². The van der Waals surface area contributed by atoms with Gasteiger partial charge in [0.05, 0.1) is 17.3 Å². The Bertz CT molecular complexity index is 873. The molecule has 0 aliphatic rings. The maximum absolute atomic E-state index is 12.1. The molecule has 0 spiro atoms. The minimum absolute atomic E-state index is 0.327. The monoisotopic (exact) mass is 327 g/mol. The number of hydrogen-bond acceptors (Lipinski definition) is 4. The summed E-state index contributed by atoms with van der Waals surface area (Å²) in [6, 6.07) is 11.0. The first-order valence-electron chi connectivity index (χ1n) is 7.15. The summed E-state index contributed by atoms with van der Waals surface area (Å²) in [5.41, 5.74) is 3.89. The Morgan fingerprint density at radius 1 is 1.17 bits per heavy atom. The summed E-state index contributed by atoms with van der Waals surface area (Å²) < 4.78 is 6.23. The second-order valence-electron chi connectivity index (χ2n) is 5.26. The van der Waals surface area contributed by atoms with Crippen LogP contribution in [0.1, 0.15) is 11.1 Å². The van der Waals surface area contributed by atoms with Crippen molar-refractivity contribution in [2.75, 3.05) is 17.7 Å². The molecule has 0 bridgehead atoms. The van der Waals surface area contributed by atoms with Crippen LogP contribution in [0.2, 0.25) is 0 Å². The van der Waals surface area contributed by atoms with E-state index in [0.717, 1.165) is 15.8 Å². The summed E-state index contributed by atoms with van der Waals surface area (Å²) in [6.07, 6.45) is 0. The van der Waals surface area contributed by atoms with E-state index in [-0.39, 0.29) is 6.03 Å². The van der Waals surface area contributed by atoms with Gasteiger partial charge in [-0.05, 0) is 43.2 Å². The number of aryl methyl sites for hydroxylation is 2. The number of nitrogens with one attached hydrogen (secondary N) is 2. The topological polar surface area (TPSA) is 63.2 Å². The van der Waals surface area contributed by atoms with Crippen molar-refractivity contribution in [2.24, 2.45) is 0 Å². The standard InChI is InChI=1S/C17H17N3O2S/c1-10-7-11(2)15-14(8-10)19-17(23-15)20-16(21)18-12-5-4-6-13(9-12)22-3/h4-9H,1-3H3,(H2,18,19,20,21). The van der Waals surface area contributed by atoms with Gasteiger partial charge in [-0.2, -0.15) is 0 Å². The molecule has 2 amide bonds. The van der Waals surface area contributed by atoms with E-state index < -0.39 is 0 Å². The lowest BCUT2D eigenvalue weighted by Gasteiger charge is -2.06. The number of carbonyl (C=O) groups excluding carboxylic acids is 1. The Morgan fingerprint density at radius 3 is 2.78 bits per heavy atom. The van der Waals surface area contributed by atoms with Crippen LogP contribution in [-0.4, -0.2) is 18.1 Å². The van der Waals surface area contributed by atoms with Crippen LogP contribution in [0.4, 0.5) is 15.6 Å². The number of carbonyl (C=O) groups is 1. The van der Waals surface area contributed by atoms with Crippen LogP contribution < -0.4 is 15.4 Å². The molecule has 3 rings (SSSR count). The number of methoxy groups -OCH3 is 1. The Morgan fingerprint density at radius 2 is 2.00 bits per heavy atom. The molecule has 5 nitrogen and oxygen atoms in total. The summed E-state index contributed by atoms with van der Waals surface area (Å²) in [7, 11) is 1.59. The molecular weight excluding hydrogens is 310 g/mol. The first-order chi connectivity index (χ1) is 11.0. The number of anilines is 2. The largest absolute Gasteiger partial charge is 0.497 e. The van der Waals surface area contributed by atoms with Crippen molar-refractivity contribution in [3.8, 4) is 5.75 Å². The molecule has 2 N–H and O–H groups in total. The normalized spacial score (nSPS) is 10.6. The number of hydrogen-bond donors (Lipinski definition) is 2. The minimum Gasteiger partial charge on any atom is -0.497 e. The number of amides is 2. The second-order valence-corrected chi connectivity index (χ2v) is 6.26. The zero-order chi connectivity index (χ0) is 16.4. The fraction of sp³-hybridized carbons (Fsp3) is 0.176. The average molecular weight is 327 g/mol. The molecule has 0 radical (unpaired) electrons. The smallest absolute Gasteiger partial charge is 0.325 e. The second kappa shape index (κ2) is 6.26. The fourth-order valence-corrected chi connectivity index (χ4v) is 3.30. The highest BCUT2D eigenvalue weighted by atomic mass is 32.1. The number of nitrogens with zero attached hydrogens (tertiary/aromatic N) is 1. The molecule has 0 aliphatic carbocycles. The van der Waals surface area contributed by atoms with Crippen LogP contribution in [-0.2, 0) is 0 Å². The summed E-state index contributed by atoms with van der Waals surface area (Å²) >= 11 is 1.47. The lowest BCUT2D eigenvalue weighted by Crippen LogP contribution is -2.19. The van der Waals surface area contributed by atoms with E-state index in [2.05, 4.69) is 21.7 Å². The number of benzene rings is 2. The molecule has 1 aromatic heterocycles. The van der Waals surface area contributed by atoms with Crippen LogP contribution in [0, 0.1) is 13.8 Å². The quantitative estimate of drug-likeness (QED) is 0.741. The van der Waals surface area contributed by atoms with Gasteiger partial charge < -0.3 is 10.1 Å². The molecule has 2 aromatic carbocycles. The molecule has 0 saturated heterocycles. The van der Waals surface area contributed by atoms with Gasteiger partial charge in [0.1, 0.15) is 5.75 Å². The van der Waals surface area contributed by atoms with E-state index in [0.29, 0.717) is 16.6 Å². The van der Waals surface area contributed by atoms with Crippen LogP contribution in [0.15, 0.2) is 36.4 Å². The molecule has 118 valence electrons. The van der Waals surface area contributed by atoms with Crippen molar-refractivity contribution < 1.29 is 9.53 Å². The van der Waals surface area contributed by atoms with Gasteiger partial charge in [-0.15, -0.1) is 0 Å². The third-order valence-corrected chi connectivity index (χ3v) is 4.49. The van der Waals surface area contributed by atoms with Crippen molar-refractivity contribution in [3.63, 3.8) is 0 Å². The zero-order valence-electron chi connectivity index (χ0n) is 13.1.